The molecule has 0 unspecified atom stereocenters. The van der Waals surface area contributed by atoms with Gasteiger partial charge in [-0.25, -0.2) is 9.97 Å². The van der Waals surface area contributed by atoms with Gasteiger partial charge in [0.1, 0.15) is 6.10 Å². The Hall–Kier alpha value is -1.08. The van der Waals surface area contributed by atoms with Crippen LogP contribution in [0.25, 0.3) is 0 Å². The van der Waals surface area contributed by atoms with Crippen LogP contribution >= 0.6 is 0 Å². The molecule has 3 heterocycles. The Balaban J connectivity index is 1.50. The van der Waals surface area contributed by atoms with Gasteiger partial charge in [-0.3, -0.25) is 9.80 Å². The lowest BCUT2D eigenvalue weighted by molar-refractivity contribution is 0.0921. The monoisotopic (exact) mass is 306 g/mol. The molecule has 3 rings (SSSR count). The lowest BCUT2D eigenvalue weighted by Gasteiger charge is -2.34. The molecule has 6 heteroatoms. The molecule has 6 nitrogen and oxygen atoms in total. The van der Waals surface area contributed by atoms with E-state index in [0.717, 1.165) is 76.8 Å². The minimum Gasteiger partial charge on any atom is -0.383 e. The molecule has 1 aromatic heterocycles. The summed E-state index contributed by atoms with van der Waals surface area (Å²) in [5, 5.41) is 0. The van der Waals surface area contributed by atoms with E-state index in [1.54, 1.807) is 7.11 Å². The Morgan fingerprint density at radius 1 is 1.27 bits per heavy atom. The number of hydrogen-bond acceptors (Lipinski definition) is 6. The van der Waals surface area contributed by atoms with Crippen molar-refractivity contribution in [1.82, 2.24) is 19.8 Å². The van der Waals surface area contributed by atoms with Gasteiger partial charge in [0.15, 0.2) is 5.82 Å². The van der Waals surface area contributed by atoms with E-state index < -0.39 is 0 Å². The summed E-state index contributed by atoms with van der Waals surface area (Å²) in [6.07, 6.45) is 4.13. The molecule has 2 fully saturated rings. The third-order valence-corrected chi connectivity index (χ3v) is 4.41. The summed E-state index contributed by atoms with van der Waals surface area (Å²) in [4.78, 5) is 14.0. The third kappa shape index (κ3) is 4.23. The average molecular weight is 306 g/mol. The molecule has 0 bridgehead atoms. The summed E-state index contributed by atoms with van der Waals surface area (Å²) >= 11 is 0. The van der Waals surface area contributed by atoms with E-state index in [4.69, 9.17) is 14.5 Å². The van der Waals surface area contributed by atoms with Crippen molar-refractivity contribution in [2.75, 3.05) is 53.0 Å². The molecule has 1 aromatic rings. The smallest absolute Gasteiger partial charge is 0.157 e. The van der Waals surface area contributed by atoms with Gasteiger partial charge in [-0.05, 0) is 18.9 Å². The van der Waals surface area contributed by atoms with Crippen molar-refractivity contribution >= 4 is 0 Å². The lowest BCUT2D eigenvalue weighted by atomic mass is 10.2. The van der Waals surface area contributed by atoms with Crippen molar-refractivity contribution in [2.45, 2.75) is 25.5 Å². The molecule has 0 spiro atoms. The first-order valence-corrected chi connectivity index (χ1v) is 8.22. The molecule has 0 radical (unpaired) electrons. The fraction of sp³-hybridized carbons (Fsp3) is 0.750. The predicted octanol–water partition coefficient (Wildman–Crippen LogP) is 1.09. The summed E-state index contributed by atoms with van der Waals surface area (Å²) in [5.41, 5.74) is 1.10. The molecule has 1 atom stereocenters. The van der Waals surface area contributed by atoms with Crippen LogP contribution in [0, 0.1) is 0 Å². The van der Waals surface area contributed by atoms with Crippen LogP contribution < -0.4 is 0 Å². The van der Waals surface area contributed by atoms with E-state index in [-0.39, 0.29) is 6.10 Å². The molecular weight excluding hydrogens is 280 g/mol. The van der Waals surface area contributed by atoms with Crippen molar-refractivity contribution in [3.8, 4) is 0 Å². The Kier molecular flexibility index (Phi) is 5.72. The fourth-order valence-corrected chi connectivity index (χ4v) is 3.06. The number of hydrogen-bond donors (Lipinski definition) is 0. The fourth-order valence-electron chi connectivity index (χ4n) is 3.06. The summed E-state index contributed by atoms with van der Waals surface area (Å²) in [6.45, 7) is 7.96. The van der Waals surface area contributed by atoms with Gasteiger partial charge in [0.25, 0.3) is 0 Å². The summed E-state index contributed by atoms with van der Waals surface area (Å²) in [6, 6.07) is 2.02. The topological polar surface area (TPSA) is 50.7 Å². The zero-order valence-electron chi connectivity index (χ0n) is 13.4. The van der Waals surface area contributed by atoms with Crippen molar-refractivity contribution < 1.29 is 9.47 Å². The second kappa shape index (κ2) is 7.97. The maximum absolute atomic E-state index is 5.68. The number of methoxy groups -OCH3 is 1. The maximum atomic E-state index is 5.68. The van der Waals surface area contributed by atoms with Gasteiger partial charge in [0, 0.05) is 59.2 Å². The van der Waals surface area contributed by atoms with Crippen molar-refractivity contribution in [1.29, 1.82) is 0 Å². The Morgan fingerprint density at radius 3 is 2.82 bits per heavy atom. The van der Waals surface area contributed by atoms with Crippen molar-refractivity contribution in [3.05, 3.63) is 23.8 Å². The minimum absolute atomic E-state index is 0.103. The maximum Gasteiger partial charge on any atom is 0.157 e. The molecule has 22 heavy (non-hydrogen) atoms. The Morgan fingerprint density at radius 2 is 2.09 bits per heavy atom. The first kappa shape index (κ1) is 15.8. The Bertz CT molecular complexity index is 457. The first-order chi connectivity index (χ1) is 10.8. The third-order valence-electron chi connectivity index (χ3n) is 4.41. The summed E-state index contributed by atoms with van der Waals surface area (Å²) in [7, 11) is 1.76. The minimum atomic E-state index is 0.103. The van der Waals surface area contributed by atoms with Crippen molar-refractivity contribution in [2.24, 2.45) is 0 Å². The molecule has 2 aliphatic heterocycles. The molecular formula is C16H26N4O2. The number of piperazine rings is 1. The van der Waals surface area contributed by atoms with Crippen LogP contribution in [0.5, 0.6) is 0 Å². The first-order valence-electron chi connectivity index (χ1n) is 8.22. The average Bonchev–Trinajstić information content (AvgIpc) is 3.09. The molecule has 0 amide bonds. The van der Waals surface area contributed by atoms with Crippen LogP contribution in [0.1, 0.15) is 30.5 Å². The predicted molar refractivity (Wildman–Crippen MR) is 83.6 cm³/mol. The van der Waals surface area contributed by atoms with E-state index in [1.807, 2.05) is 12.3 Å². The summed E-state index contributed by atoms with van der Waals surface area (Å²) < 4.78 is 10.8. The van der Waals surface area contributed by atoms with Crippen LogP contribution in [-0.2, 0) is 16.0 Å². The van der Waals surface area contributed by atoms with Gasteiger partial charge >= 0.3 is 0 Å². The zero-order valence-corrected chi connectivity index (χ0v) is 13.4. The molecule has 122 valence electrons. The normalized spacial score (nSPS) is 24.0. The number of ether oxygens (including phenoxy) is 2. The largest absolute Gasteiger partial charge is 0.383 e. The summed E-state index contributed by atoms with van der Waals surface area (Å²) in [5.74, 6) is 0.855. The Labute approximate surface area is 132 Å². The highest BCUT2D eigenvalue weighted by Crippen LogP contribution is 2.25. The molecule has 2 aliphatic rings. The second-order valence-corrected chi connectivity index (χ2v) is 6.02. The van der Waals surface area contributed by atoms with Crippen molar-refractivity contribution in [3.63, 3.8) is 0 Å². The van der Waals surface area contributed by atoms with E-state index in [2.05, 4.69) is 14.8 Å². The van der Waals surface area contributed by atoms with Crippen LogP contribution in [0.15, 0.2) is 12.3 Å². The number of rotatable bonds is 6. The zero-order chi connectivity index (χ0) is 15.2. The standard InChI is InChI=1S/C16H26N4O2/c1-21-12-10-19-6-8-20(9-7-19)13-14-4-5-17-16(18-14)15-3-2-11-22-15/h4-5,15H,2-3,6-13H2,1H3/t15-/m1/s1. The van der Waals surface area contributed by atoms with Gasteiger partial charge in [0.2, 0.25) is 0 Å². The second-order valence-electron chi connectivity index (χ2n) is 6.02. The quantitative estimate of drug-likeness (QED) is 0.784. The lowest BCUT2D eigenvalue weighted by Crippen LogP contribution is -2.46. The van der Waals surface area contributed by atoms with E-state index >= 15 is 0 Å². The van der Waals surface area contributed by atoms with Gasteiger partial charge in [0.05, 0.1) is 12.3 Å². The molecule has 0 saturated carbocycles. The van der Waals surface area contributed by atoms with Crippen LogP contribution in [0.2, 0.25) is 0 Å². The van der Waals surface area contributed by atoms with E-state index in [0.29, 0.717) is 0 Å². The molecule has 0 aromatic carbocycles. The highest BCUT2D eigenvalue weighted by Gasteiger charge is 2.21. The van der Waals surface area contributed by atoms with Gasteiger partial charge in [-0.1, -0.05) is 0 Å². The van der Waals surface area contributed by atoms with Crippen LogP contribution in [-0.4, -0.2) is 72.8 Å². The van der Waals surface area contributed by atoms with Crippen LogP contribution in [0.4, 0.5) is 0 Å². The van der Waals surface area contributed by atoms with Gasteiger partial charge in [-0.2, -0.15) is 0 Å². The number of nitrogens with zero attached hydrogens (tertiary/aromatic N) is 4. The highest BCUT2D eigenvalue weighted by molar-refractivity contribution is 5.05. The van der Waals surface area contributed by atoms with E-state index in [9.17, 15) is 0 Å². The van der Waals surface area contributed by atoms with Crippen LogP contribution in [0.3, 0.4) is 0 Å². The highest BCUT2D eigenvalue weighted by atomic mass is 16.5. The number of aromatic nitrogens is 2. The SMILES string of the molecule is COCCN1CCN(Cc2ccnc([C@H]3CCCO3)n2)CC1. The van der Waals surface area contributed by atoms with E-state index in [1.165, 1.54) is 0 Å². The molecule has 0 aliphatic carbocycles. The molecule has 2 saturated heterocycles. The molecule has 0 N–H and O–H groups in total. The van der Waals surface area contributed by atoms with Gasteiger partial charge < -0.3 is 9.47 Å². The van der Waals surface area contributed by atoms with Gasteiger partial charge in [-0.15, -0.1) is 0 Å².